The minimum atomic E-state index is -0.520. The molecule has 5 nitrogen and oxygen atoms in total. The molecule has 1 saturated heterocycles. The van der Waals surface area contributed by atoms with E-state index in [9.17, 15) is 14.4 Å². The predicted molar refractivity (Wildman–Crippen MR) is 100 cm³/mol. The number of fused-ring (bicyclic) bond motifs is 1. The number of hydrogen-bond acceptors (Lipinski definition) is 4. The van der Waals surface area contributed by atoms with Gasteiger partial charge in [-0.3, -0.25) is 14.5 Å². The topological polar surface area (TPSA) is 63.7 Å². The molecule has 1 heterocycles. The number of benzene rings is 2. The Kier molecular flexibility index (Phi) is 4.52. The van der Waals surface area contributed by atoms with Gasteiger partial charge in [-0.1, -0.05) is 31.2 Å². The number of hydrogen-bond donors (Lipinski definition) is 0. The van der Waals surface area contributed by atoms with Gasteiger partial charge in [0.25, 0.3) is 0 Å². The molecule has 4 rings (SSSR count). The molecular formula is C22H21NO4. The molecular weight excluding hydrogens is 342 g/mol. The highest BCUT2D eigenvalue weighted by Crippen LogP contribution is 2.42. The van der Waals surface area contributed by atoms with Crippen molar-refractivity contribution in [1.29, 1.82) is 0 Å². The molecule has 1 aliphatic heterocycles. The summed E-state index contributed by atoms with van der Waals surface area (Å²) >= 11 is 0. The lowest BCUT2D eigenvalue weighted by molar-refractivity contribution is -0.122. The first kappa shape index (κ1) is 17.5. The Morgan fingerprint density at radius 1 is 0.963 bits per heavy atom. The average molecular weight is 363 g/mol. The Morgan fingerprint density at radius 2 is 1.70 bits per heavy atom. The van der Waals surface area contributed by atoms with Crippen LogP contribution in [-0.2, 0) is 9.59 Å². The summed E-state index contributed by atoms with van der Waals surface area (Å²) in [6, 6.07) is 15.3. The molecule has 2 aromatic carbocycles. The van der Waals surface area contributed by atoms with Crippen LogP contribution in [0.25, 0.3) is 0 Å². The Morgan fingerprint density at radius 3 is 2.48 bits per heavy atom. The fraction of sp³-hybridized carbons (Fsp3) is 0.318. The third-order valence-electron chi connectivity index (χ3n) is 5.48. The van der Waals surface area contributed by atoms with Gasteiger partial charge in [-0.2, -0.15) is 0 Å². The summed E-state index contributed by atoms with van der Waals surface area (Å²) in [7, 11) is 0. The van der Waals surface area contributed by atoms with Crippen LogP contribution in [0.3, 0.4) is 0 Å². The van der Waals surface area contributed by atoms with E-state index in [0.717, 1.165) is 19.3 Å². The van der Waals surface area contributed by atoms with E-state index in [1.54, 1.807) is 48.5 Å². The molecule has 0 aromatic heterocycles. The zero-order chi connectivity index (χ0) is 19.0. The molecule has 1 saturated carbocycles. The van der Waals surface area contributed by atoms with Gasteiger partial charge in [-0.05, 0) is 55.5 Å². The highest BCUT2D eigenvalue weighted by molar-refractivity contribution is 6.22. The summed E-state index contributed by atoms with van der Waals surface area (Å²) in [6.45, 7) is 2.12. The minimum absolute atomic E-state index is 0.148. The van der Waals surface area contributed by atoms with Crippen LogP contribution in [0.4, 0.5) is 5.69 Å². The number of imide groups is 1. The van der Waals surface area contributed by atoms with Crippen LogP contribution in [0.5, 0.6) is 5.75 Å². The van der Waals surface area contributed by atoms with Gasteiger partial charge >= 0.3 is 5.97 Å². The molecule has 2 fully saturated rings. The highest BCUT2D eigenvalue weighted by Gasteiger charge is 2.50. The van der Waals surface area contributed by atoms with E-state index in [2.05, 4.69) is 6.92 Å². The molecule has 1 aliphatic carbocycles. The Labute approximate surface area is 157 Å². The van der Waals surface area contributed by atoms with E-state index in [-0.39, 0.29) is 23.7 Å². The highest BCUT2D eigenvalue weighted by atomic mass is 16.5. The number of ether oxygens (including phenoxy) is 1. The number of esters is 1. The Bertz CT molecular complexity index is 892. The van der Waals surface area contributed by atoms with Gasteiger partial charge in [0.15, 0.2) is 0 Å². The molecule has 0 spiro atoms. The minimum Gasteiger partial charge on any atom is -0.423 e. The molecule has 2 aliphatic rings. The largest absolute Gasteiger partial charge is 0.423 e. The summed E-state index contributed by atoms with van der Waals surface area (Å²) < 4.78 is 5.35. The first-order valence-electron chi connectivity index (χ1n) is 9.29. The SMILES string of the molecule is C[C@H]1CC[C@@H]2C(=O)N(c3cccc(C(=O)Oc4ccccc4)c3)C(=O)[C@@H]2C1. The molecule has 138 valence electrons. The number of rotatable bonds is 3. The van der Waals surface area contributed by atoms with E-state index >= 15 is 0 Å². The number of para-hydroxylation sites is 1. The number of carbonyl (C=O) groups excluding carboxylic acids is 3. The maximum absolute atomic E-state index is 12.9. The van der Waals surface area contributed by atoms with Crippen molar-refractivity contribution in [3.63, 3.8) is 0 Å². The van der Waals surface area contributed by atoms with Crippen LogP contribution in [0.15, 0.2) is 54.6 Å². The second-order valence-electron chi connectivity index (χ2n) is 7.40. The van der Waals surface area contributed by atoms with E-state index < -0.39 is 5.97 Å². The van der Waals surface area contributed by atoms with Crippen molar-refractivity contribution < 1.29 is 19.1 Å². The number of nitrogens with zero attached hydrogens (tertiary/aromatic N) is 1. The van der Waals surface area contributed by atoms with Crippen LogP contribution in [-0.4, -0.2) is 17.8 Å². The summed E-state index contributed by atoms with van der Waals surface area (Å²) in [4.78, 5) is 39.4. The van der Waals surface area contributed by atoms with Crippen LogP contribution >= 0.6 is 0 Å². The van der Waals surface area contributed by atoms with Crippen molar-refractivity contribution in [3.8, 4) is 5.75 Å². The lowest BCUT2D eigenvalue weighted by Gasteiger charge is -2.25. The molecule has 0 unspecified atom stereocenters. The van der Waals surface area contributed by atoms with E-state index in [0.29, 0.717) is 22.9 Å². The van der Waals surface area contributed by atoms with E-state index in [4.69, 9.17) is 4.74 Å². The van der Waals surface area contributed by atoms with Gasteiger partial charge in [0, 0.05) is 0 Å². The van der Waals surface area contributed by atoms with Crippen molar-refractivity contribution in [2.24, 2.45) is 17.8 Å². The summed E-state index contributed by atoms with van der Waals surface area (Å²) in [5, 5.41) is 0. The molecule has 27 heavy (non-hydrogen) atoms. The first-order valence-corrected chi connectivity index (χ1v) is 9.29. The van der Waals surface area contributed by atoms with Gasteiger partial charge in [-0.25, -0.2) is 4.79 Å². The molecule has 0 N–H and O–H groups in total. The van der Waals surface area contributed by atoms with Gasteiger partial charge in [0.05, 0.1) is 23.1 Å². The summed E-state index contributed by atoms with van der Waals surface area (Å²) in [5.41, 5.74) is 0.745. The lowest BCUT2D eigenvalue weighted by atomic mass is 9.76. The lowest BCUT2D eigenvalue weighted by Crippen LogP contribution is -2.31. The summed E-state index contributed by atoms with van der Waals surface area (Å²) in [5.74, 6) is -0.380. The molecule has 2 amide bonds. The summed E-state index contributed by atoms with van der Waals surface area (Å²) in [6.07, 6.45) is 2.47. The van der Waals surface area contributed by atoms with Crippen LogP contribution < -0.4 is 9.64 Å². The maximum Gasteiger partial charge on any atom is 0.343 e. The average Bonchev–Trinajstić information content (AvgIpc) is 2.92. The first-order chi connectivity index (χ1) is 13.0. The van der Waals surface area contributed by atoms with Crippen LogP contribution in [0.1, 0.15) is 36.5 Å². The number of anilines is 1. The van der Waals surface area contributed by atoms with Crippen LogP contribution in [0.2, 0.25) is 0 Å². The van der Waals surface area contributed by atoms with E-state index in [1.165, 1.54) is 4.90 Å². The zero-order valence-corrected chi connectivity index (χ0v) is 15.1. The molecule has 3 atom stereocenters. The molecule has 0 bridgehead atoms. The molecule has 2 aromatic rings. The fourth-order valence-corrected chi connectivity index (χ4v) is 4.07. The smallest absolute Gasteiger partial charge is 0.343 e. The quantitative estimate of drug-likeness (QED) is 0.472. The standard InChI is InChI=1S/C22H21NO4/c1-14-10-11-18-19(12-14)21(25)23(20(18)24)16-7-5-6-15(13-16)22(26)27-17-8-3-2-4-9-17/h2-9,13-14,18-19H,10-12H2,1H3/t14-,18-,19+/m0/s1. The zero-order valence-electron chi connectivity index (χ0n) is 15.1. The second kappa shape index (κ2) is 6.99. The van der Waals surface area contributed by atoms with Gasteiger partial charge in [0.2, 0.25) is 11.8 Å². The fourth-order valence-electron chi connectivity index (χ4n) is 4.07. The normalized spacial score (nSPS) is 24.6. The van der Waals surface area contributed by atoms with Gasteiger partial charge in [-0.15, -0.1) is 0 Å². The second-order valence-corrected chi connectivity index (χ2v) is 7.40. The van der Waals surface area contributed by atoms with Crippen LogP contribution in [0, 0.1) is 17.8 Å². The van der Waals surface area contributed by atoms with Gasteiger partial charge < -0.3 is 4.74 Å². The Hall–Kier alpha value is -2.95. The van der Waals surface area contributed by atoms with Crippen molar-refractivity contribution in [3.05, 3.63) is 60.2 Å². The van der Waals surface area contributed by atoms with Crippen molar-refractivity contribution in [2.75, 3.05) is 4.90 Å². The molecule has 0 radical (unpaired) electrons. The van der Waals surface area contributed by atoms with Crippen molar-refractivity contribution >= 4 is 23.5 Å². The third-order valence-corrected chi connectivity index (χ3v) is 5.48. The van der Waals surface area contributed by atoms with Gasteiger partial charge in [0.1, 0.15) is 5.75 Å². The Balaban J connectivity index is 1.58. The molecule has 5 heteroatoms. The maximum atomic E-state index is 12.9. The third kappa shape index (κ3) is 3.25. The predicted octanol–water partition coefficient (Wildman–Crippen LogP) is 3.83. The van der Waals surface area contributed by atoms with E-state index in [1.807, 2.05) is 6.07 Å². The monoisotopic (exact) mass is 363 g/mol. The number of carbonyl (C=O) groups is 3. The van der Waals surface area contributed by atoms with Crippen molar-refractivity contribution in [2.45, 2.75) is 26.2 Å². The number of amides is 2. The van der Waals surface area contributed by atoms with Crippen molar-refractivity contribution in [1.82, 2.24) is 0 Å².